The molecule has 1 amide bonds. The maximum Gasteiger partial charge on any atom is 0.220 e. The van der Waals surface area contributed by atoms with Gasteiger partial charge in [0.05, 0.1) is 21.3 Å². The van der Waals surface area contributed by atoms with Gasteiger partial charge in [0, 0.05) is 18.7 Å². The number of nitrogen functional groups attached to an aromatic ring is 1. The van der Waals surface area contributed by atoms with Crippen LogP contribution < -0.4 is 25.3 Å². The fourth-order valence-electron chi connectivity index (χ4n) is 2.54. The van der Waals surface area contributed by atoms with Gasteiger partial charge in [-0.1, -0.05) is 18.2 Å². The van der Waals surface area contributed by atoms with E-state index < -0.39 is 0 Å². The average molecular weight is 381 g/mol. The van der Waals surface area contributed by atoms with Crippen LogP contribution in [0.2, 0.25) is 0 Å². The predicted molar refractivity (Wildman–Crippen MR) is 104 cm³/mol. The molecular formula is C19H25ClN2O4. The number of anilines is 1. The number of ether oxygens (including phenoxy) is 3. The van der Waals surface area contributed by atoms with Crippen LogP contribution in [-0.4, -0.2) is 27.2 Å². The summed E-state index contributed by atoms with van der Waals surface area (Å²) >= 11 is 0. The van der Waals surface area contributed by atoms with Crippen LogP contribution in [0.4, 0.5) is 5.69 Å². The largest absolute Gasteiger partial charge is 0.493 e. The van der Waals surface area contributed by atoms with Crippen molar-refractivity contribution < 1.29 is 19.0 Å². The van der Waals surface area contributed by atoms with E-state index in [-0.39, 0.29) is 18.3 Å². The van der Waals surface area contributed by atoms with E-state index in [1.165, 1.54) is 0 Å². The number of carbonyl (C=O) groups is 1. The number of halogens is 1. The number of para-hydroxylation sites is 1. The Balaban J connectivity index is 0.00000338. The van der Waals surface area contributed by atoms with Gasteiger partial charge < -0.3 is 25.3 Å². The summed E-state index contributed by atoms with van der Waals surface area (Å²) in [4.78, 5) is 12.1. The molecule has 0 aliphatic carbocycles. The molecule has 0 aromatic heterocycles. The third kappa shape index (κ3) is 5.46. The van der Waals surface area contributed by atoms with Crippen LogP contribution in [0.5, 0.6) is 17.2 Å². The van der Waals surface area contributed by atoms with E-state index in [0.29, 0.717) is 42.3 Å². The number of hydrogen-bond acceptors (Lipinski definition) is 5. The summed E-state index contributed by atoms with van der Waals surface area (Å²) in [7, 11) is 4.67. The Hall–Kier alpha value is -2.60. The lowest BCUT2D eigenvalue weighted by atomic mass is 10.1. The number of rotatable bonds is 8. The second-order valence-electron chi connectivity index (χ2n) is 5.51. The van der Waals surface area contributed by atoms with Gasteiger partial charge in [-0.2, -0.15) is 0 Å². The molecule has 0 saturated heterocycles. The number of carbonyl (C=O) groups excluding carboxylic acids is 1. The fraction of sp³-hybridized carbons (Fsp3) is 0.316. The van der Waals surface area contributed by atoms with Crippen molar-refractivity contribution in [2.75, 3.05) is 27.1 Å². The van der Waals surface area contributed by atoms with E-state index in [1.54, 1.807) is 21.3 Å². The van der Waals surface area contributed by atoms with Gasteiger partial charge in [-0.25, -0.2) is 0 Å². The molecule has 0 unspecified atom stereocenters. The van der Waals surface area contributed by atoms with E-state index >= 15 is 0 Å². The number of hydrogen-bond donors (Lipinski definition) is 2. The highest BCUT2D eigenvalue weighted by Crippen LogP contribution is 2.38. The normalized spacial score (nSPS) is 9.81. The first-order chi connectivity index (χ1) is 12.1. The SMILES string of the molecule is COc1cc(CNC(=O)CCc2ccccc2N)cc(OC)c1OC.Cl. The molecule has 0 atom stereocenters. The third-order valence-electron chi connectivity index (χ3n) is 3.89. The van der Waals surface area contributed by atoms with Gasteiger partial charge in [-0.3, -0.25) is 4.79 Å². The quantitative estimate of drug-likeness (QED) is 0.688. The van der Waals surface area contributed by atoms with Gasteiger partial charge in [0.1, 0.15) is 0 Å². The van der Waals surface area contributed by atoms with Crippen molar-refractivity contribution in [2.45, 2.75) is 19.4 Å². The van der Waals surface area contributed by atoms with Crippen LogP contribution in [0.1, 0.15) is 17.5 Å². The molecule has 2 aromatic rings. The first-order valence-corrected chi connectivity index (χ1v) is 7.98. The van der Waals surface area contributed by atoms with Crippen LogP contribution >= 0.6 is 12.4 Å². The Labute approximate surface area is 160 Å². The summed E-state index contributed by atoms with van der Waals surface area (Å²) < 4.78 is 15.9. The standard InChI is InChI=1S/C19H24N2O4.ClH/c1-23-16-10-13(11-17(24-2)19(16)25-3)12-21-18(22)9-8-14-6-4-5-7-15(14)20;/h4-7,10-11H,8-9,12,20H2,1-3H3,(H,21,22);1H. The number of nitrogens with two attached hydrogens (primary N) is 1. The predicted octanol–water partition coefficient (Wildman–Crippen LogP) is 2.97. The van der Waals surface area contributed by atoms with E-state index in [0.717, 1.165) is 11.1 Å². The summed E-state index contributed by atoms with van der Waals surface area (Å²) in [5.41, 5.74) is 8.44. The Morgan fingerprint density at radius 2 is 1.65 bits per heavy atom. The zero-order valence-corrected chi connectivity index (χ0v) is 16.0. The minimum Gasteiger partial charge on any atom is -0.493 e. The van der Waals surface area contributed by atoms with Gasteiger partial charge in [0.25, 0.3) is 0 Å². The molecule has 0 aliphatic rings. The number of methoxy groups -OCH3 is 3. The highest BCUT2D eigenvalue weighted by molar-refractivity contribution is 5.85. The molecular weight excluding hydrogens is 356 g/mol. The summed E-state index contributed by atoms with van der Waals surface area (Å²) in [6, 6.07) is 11.2. The van der Waals surface area contributed by atoms with Crippen molar-refractivity contribution >= 4 is 24.0 Å². The molecule has 7 heteroatoms. The van der Waals surface area contributed by atoms with E-state index in [9.17, 15) is 4.79 Å². The Bertz CT molecular complexity index is 712. The molecule has 0 radical (unpaired) electrons. The van der Waals surface area contributed by atoms with Crippen molar-refractivity contribution in [2.24, 2.45) is 0 Å². The minimum atomic E-state index is -0.0444. The van der Waals surface area contributed by atoms with Crippen LogP contribution in [0, 0.1) is 0 Å². The first-order valence-electron chi connectivity index (χ1n) is 7.98. The van der Waals surface area contributed by atoms with Gasteiger partial charge in [-0.05, 0) is 35.7 Å². The smallest absolute Gasteiger partial charge is 0.220 e. The molecule has 26 heavy (non-hydrogen) atoms. The molecule has 142 valence electrons. The minimum absolute atomic E-state index is 0. The van der Waals surface area contributed by atoms with E-state index in [2.05, 4.69) is 5.32 Å². The van der Waals surface area contributed by atoms with Gasteiger partial charge >= 0.3 is 0 Å². The third-order valence-corrected chi connectivity index (χ3v) is 3.89. The zero-order chi connectivity index (χ0) is 18.2. The number of amides is 1. The van der Waals surface area contributed by atoms with Crippen molar-refractivity contribution in [3.8, 4) is 17.2 Å². The molecule has 0 bridgehead atoms. The maximum absolute atomic E-state index is 12.1. The van der Waals surface area contributed by atoms with Crippen LogP contribution in [0.3, 0.4) is 0 Å². The highest BCUT2D eigenvalue weighted by Gasteiger charge is 2.13. The average Bonchev–Trinajstić information content (AvgIpc) is 2.64. The molecule has 0 aliphatic heterocycles. The van der Waals surface area contributed by atoms with Crippen molar-refractivity contribution in [1.82, 2.24) is 5.32 Å². The first kappa shape index (κ1) is 21.4. The zero-order valence-electron chi connectivity index (χ0n) is 15.2. The Morgan fingerprint density at radius 3 is 2.19 bits per heavy atom. The molecule has 0 spiro atoms. The van der Waals surface area contributed by atoms with Crippen LogP contribution in [-0.2, 0) is 17.8 Å². The molecule has 2 aromatic carbocycles. The van der Waals surface area contributed by atoms with E-state index in [1.807, 2.05) is 36.4 Å². The van der Waals surface area contributed by atoms with Gasteiger partial charge in [0.2, 0.25) is 11.7 Å². The molecule has 6 nitrogen and oxygen atoms in total. The lowest BCUT2D eigenvalue weighted by Gasteiger charge is -2.14. The highest BCUT2D eigenvalue weighted by atomic mass is 35.5. The topological polar surface area (TPSA) is 82.8 Å². The van der Waals surface area contributed by atoms with Crippen LogP contribution in [0.15, 0.2) is 36.4 Å². The van der Waals surface area contributed by atoms with Crippen molar-refractivity contribution in [1.29, 1.82) is 0 Å². The fourth-order valence-corrected chi connectivity index (χ4v) is 2.54. The lowest BCUT2D eigenvalue weighted by Crippen LogP contribution is -2.23. The second kappa shape index (κ2) is 10.4. The maximum atomic E-state index is 12.1. The van der Waals surface area contributed by atoms with Crippen molar-refractivity contribution in [3.63, 3.8) is 0 Å². The molecule has 0 heterocycles. The van der Waals surface area contributed by atoms with Gasteiger partial charge in [-0.15, -0.1) is 12.4 Å². The molecule has 2 rings (SSSR count). The molecule has 3 N–H and O–H groups in total. The molecule has 0 saturated carbocycles. The lowest BCUT2D eigenvalue weighted by molar-refractivity contribution is -0.121. The van der Waals surface area contributed by atoms with Crippen molar-refractivity contribution in [3.05, 3.63) is 47.5 Å². The number of nitrogens with one attached hydrogen (secondary N) is 1. The number of aryl methyl sites for hydroxylation is 1. The van der Waals surface area contributed by atoms with Gasteiger partial charge in [0.15, 0.2) is 11.5 Å². The Morgan fingerprint density at radius 1 is 1.04 bits per heavy atom. The monoisotopic (exact) mass is 380 g/mol. The molecule has 0 fully saturated rings. The summed E-state index contributed by atoms with van der Waals surface area (Å²) in [6.07, 6.45) is 0.979. The summed E-state index contributed by atoms with van der Waals surface area (Å²) in [6.45, 7) is 0.375. The summed E-state index contributed by atoms with van der Waals surface area (Å²) in [5, 5.41) is 2.90. The summed E-state index contributed by atoms with van der Waals surface area (Å²) in [5.74, 6) is 1.60. The van der Waals surface area contributed by atoms with E-state index in [4.69, 9.17) is 19.9 Å². The second-order valence-corrected chi connectivity index (χ2v) is 5.51. The Kier molecular flexibility index (Phi) is 8.58. The number of benzene rings is 2. The van der Waals surface area contributed by atoms with Crippen LogP contribution in [0.25, 0.3) is 0 Å².